The maximum Gasteiger partial charge on any atom is 0.192 e. The van der Waals surface area contributed by atoms with Gasteiger partial charge in [-0.25, -0.2) is 0 Å². The highest BCUT2D eigenvalue weighted by molar-refractivity contribution is 5.16. The molecule has 2 rings (SSSR count). The van der Waals surface area contributed by atoms with Crippen LogP contribution in [0.5, 0.6) is 0 Å². The third kappa shape index (κ3) is 2.17. The summed E-state index contributed by atoms with van der Waals surface area (Å²) >= 11 is 0. The third-order valence-electron chi connectivity index (χ3n) is 2.59. The Hall–Kier alpha value is -0.970. The molecule has 4 nitrogen and oxygen atoms in total. The fraction of sp³-hybridized carbons (Fsp3) is 0.545. The Morgan fingerprint density at radius 1 is 1.53 bits per heavy atom. The molecular formula is C11H15NO3. The quantitative estimate of drug-likeness (QED) is 0.808. The van der Waals surface area contributed by atoms with Crippen molar-refractivity contribution in [2.75, 3.05) is 13.2 Å². The van der Waals surface area contributed by atoms with Crippen LogP contribution in [-0.4, -0.2) is 29.4 Å². The summed E-state index contributed by atoms with van der Waals surface area (Å²) in [4.78, 5) is 3.95. The summed E-state index contributed by atoms with van der Waals surface area (Å²) < 4.78 is 11.4. The number of aliphatic hydroxyl groups is 1. The second-order valence-corrected chi connectivity index (χ2v) is 3.74. The zero-order chi connectivity index (χ0) is 10.7. The predicted molar refractivity (Wildman–Crippen MR) is 54.1 cm³/mol. The number of hydrogen-bond acceptors (Lipinski definition) is 4. The third-order valence-corrected chi connectivity index (χ3v) is 2.59. The van der Waals surface area contributed by atoms with Gasteiger partial charge in [-0.2, -0.15) is 0 Å². The lowest BCUT2D eigenvalue weighted by molar-refractivity contribution is -0.163. The topological polar surface area (TPSA) is 51.6 Å². The number of pyridine rings is 1. The normalized spacial score (nSPS) is 30.7. The Bertz CT molecular complexity index is 317. The number of rotatable bonds is 3. The van der Waals surface area contributed by atoms with Crippen LogP contribution in [0.25, 0.3) is 0 Å². The molecule has 4 heteroatoms. The van der Waals surface area contributed by atoms with Crippen LogP contribution in [0.4, 0.5) is 0 Å². The maximum atomic E-state index is 8.82. The molecule has 15 heavy (non-hydrogen) atoms. The first kappa shape index (κ1) is 10.5. The second-order valence-electron chi connectivity index (χ2n) is 3.74. The molecule has 82 valence electrons. The molecule has 0 saturated carbocycles. The monoisotopic (exact) mass is 209 g/mol. The van der Waals surface area contributed by atoms with Crippen molar-refractivity contribution in [1.82, 2.24) is 4.98 Å². The minimum atomic E-state index is -0.692. The van der Waals surface area contributed by atoms with Crippen molar-refractivity contribution in [3.8, 4) is 0 Å². The van der Waals surface area contributed by atoms with Crippen LogP contribution in [0.15, 0.2) is 24.5 Å². The summed E-state index contributed by atoms with van der Waals surface area (Å²) in [6, 6.07) is 3.75. The smallest absolute Gasteiger partial charge is 0.192 e. The van der Waals surface area contributed by atoms with E-state index in [1.165, 1.54) is 0 Å². The van der Waals surface area contributed by atoms with E-state index in [0.29, 0.717) is 13.0 Å². The van der Waals surface area contributed by atoms with E-state index in [-0.39, 0.29) is 12.7 Å². The van der Waals surface area contributed by atoms with Gasteiger partial charge in [0.15, 0.2) is 5.79 Å². The summed E-state index contributed by atoms with van der Waals surface area (Å²) in [6.07, 6.45) is 4.02. The molecule has 0 radical (unpaired) electrons. The largest absolute Gasteiger partial charge is 0.396 e. The Kier molecular flexibility index (Phi) is 3.00. The maximum absolute atomic E-state index is 8.82. The van der Waals surface area contributed by atoms with Gasteiger partial charge in [0, 0.05) is 24.6 Å². The molecule has 2 heterocycles. The van der Waals surface area contributed by atoms with Crippen molar-refractivity contribution in [2.45, 2.75) is 25.2 Å². The second kappa shape index (κ2) is 4.26. The van der Waals surface area contributed by atoms with Crippen molar-refractivity contribution in [2.24, 2.45) is 0 Å². The van der Waals surface area contributed by atoms with E-state index in [9.17, 15) is 0 Å². The molecule has 0 aromatic carbocycles. The Labute approximate surface area is 88.9 Å². The van der Waals surface area contributed by atoms with Gasteiger partial charge in [0.05, 0.1) is 12.7 Å². The van der Waals surface area contributed by atoms with Crippen LogP contribution in [-0.2, 0) is 15.3 Å². The summed E-state index contributed by atoms with van der Waals surface area (Å²) in [5.74, 6) is -0.692. The molecule has 0 bridgehead atoms. The number of aromatic nitrogens is 1. The van der Waals surface area contributed by atoms with E-state index in [0.717, 1.165) is 5.56 Å². The highest BCUT2D eigenvalue weighted by atomic mass is 16.7. The fourth-order valence-corrected chi connectivity index (χ4v) is 1.73. The van der Waals surface area contributed by atoms with Crippen molar-refractivity contribution >= 4 is 0 Å². The van der Waals surface area contributed by atoms with Gasteiger partial charge in [0.25, 0.3) is 0 Å². The summed E-state index contributed by atoms with van der Waals surface area (Å²) in [5.41, 5.74) is 0.956. The van der Waals surface area contributed by atoms with Crippen molar-refractivity contribution in [3.63, 3.8) is 0 Å². The lowest BCUT2D eigenvalue weighted by Crippen LogP contribution is -2.24. The molecule has 1 aliphatic rings. The van der Waals surface area contributed by atoms with Crippen LogP contribution in [0, 0.1) is 0 Å². The Balaban J connectivity index is 2.10. The van der Waals surface area contributed by atoms with Crippen molar-refractivity contribution < 1.29 is 14.6 Å². The van der Waals surface area contributed by atoms with Crippen LogP contribution >= 0.6 is 0 Å². The summed E-state index contributed by atoms with van der Waals surface area (Å²) in [5, 5.41) is 8.82. The molecule has 0 amide bonds. The highest BCUT2D eigenvalue weighted by Crippen LogP contribution is 2.34. The zero-order valence-electron chi connectivity index (χ0n) is 8.72. The highest BCUT2D eigenvalue weighted by Gasteiger charge is 2.38. The average molecular weight is 209 g/mol. The predicted octanol–water partition coefficient (Wildman–Crippen LogP) is 1.05. The van der Waals surface area contributed by atoms with Gasteiger partial charge in [-0.15, -0.1) is 0 Å². The number of ether oxygens (including phenoxy) is 2. The van der Waals surface area contributed by atoms with E-state index in [2.05, 4.69) is 4.98 Å². The van der Waals surface area contributed by atoms with Crippen LogP contribution < -0.4 is 0 Å². The minimum absolute atomic E-state index is 0.0202. The molecule has 0 spiro atoms. The van der Waals surface area contributed by atoms with Crippen LogP contribution in [0.2, 0.25) is 0 Å². The first-order valence-corrected chi connectivity index (χ1v) is 5.08. The van der Waals surface area contributed by atoms with Gasteiger partial charge < -0.3 is 14.6 Å². The molecule has 0 aliphatic carbocycles. The van der Waals surface area contributed by atoms with Crippen LogP contribution in [0.1, 0.15) is 18.9 Å². The summed E-state index contributed by atoms with van der Waals surface area (Å²) in [7, 11) is 0. The Morgan fingerprint density at radius 2 is 2.27 bits per heavy atom. The van der Waals surface area contributed by atoms with Crippen LogP contribution in [0.3, 0.4) is 0 Å². The molecule has 1 fully saturated rings. The van der Waals surface area contributed by atoms with E-state index in [1.807, 2.05) is 19.1 Å². The van der Waals surface area contributed by atoms with Gasteiger partial charge in [0.2, 0.25) is 0 Å². The number of aliphatic hydroxyl groups excluding tert-OH is 1. The van der Waals surface area contributed by atoms with Gasteiger partial charge in [-0.3, -0.25) is 4.98 Å². The average Bonchev–Trinajstić information content (AvgIpc) is 2.64. The molecule has 1 aromatic rings. The van der Waals surface area contributed by atoms with Crippen molar-refractivity contribution in [1.29, 1.82) is 0 Å². The SMILES string of the molecule is CC1(c2ccncc2)OCC(CCO)O1. The Morgan fingerprint density at radius 3 is 2.93 bits per heavy atom. The van der Waals surface area contributed by atoms with E-state index in [4.69, 9.17) is 14.6 Å². The zero-order valence-corrected chi connectivity index (χ0v) is 8.72. The fourth-order valence-electron chi connectivity index (χ4n) is 1.73. The lowest BCUT2D eigenvalue weighted by Gasteiger charge is -2.23. The molecule has 1 N–H and O–H groups in total. The molecular weight excluding hydrogens is 194 g/mol. The van der Waals surface area contributed by atoms with E-state index >= 15 is 0 Å². The first-order valence-electron chi connectivity index (χ1n) is 5.08. The van der Waals surface area contributed by atoms with Crippen molar-refractivity contribution in [3.05, 3.63) is 30.1 Å². The number of hydrogen-bond donors (Lipinski definition) is 1. The van der Waals surface area contributed by atoms with Gasteiger partial charge in [-0.1, -0.05) is 0 Å². The molecule has 2 unspecified atom stereocenters. The van der Waals surface area contributed by atoms with Gasteiger partial charge in [-0.05, 0) is 25.5 Å². The molecule has 2 atom stereocenters. The number of nitrogens with zero attached hydrogens (tertiary/aromatic N) is 1. The summed E-state index contributed by atoms with van der Waals surface area (Å²) in [6.45, 7) is 2.54. The standard InChI is InChI=1S/C11H15NO3/c1-11(9-2-5-12-6-3-9)14-8-10(15-11)4-7-13/h2-3,5-6,10,13H,4,7-8H2,1H3. The lowest BCUT2D eigenvalue weighted by atomic mass is 10.1. The van der Waals surface area contributed by atoms with Gasteiger partial charge in [0.1, 0.15) is 0 Å². The molecule has 1 saturated heterocycles. The minimum Gasteiger partial charge on any atom is -0.396 e. The first-order chi connectivity index (χ1) is 7.24. The van der Waals surface area contributed by atoms with E-state index in [1.54, 1.807) is 12.4 Å². The molecule has 1 aromatic heterocycles. The molecule has 1 aliphatic heterocycles. The van der Waals surface area contributed by atoms with Gasteiger partial charge >= 0.3 is 0 Å². The van der Waals surface area contributed by atoms with E-state index < -0.39 is 5.79 Å².